The molecule has 1 aliphatic rings. The number of rotatable bonds is 4. The second-order valence-electron chi connectivity index (χ2n) is 15.0. The van der Waals surface area contributed by atoms with Gasteiger partial charge >= 0.3 is 0 Å². The molecular weight excluding hydrogens is 713 g/mol. The lowest BCUT2D eigenvalue weighted by molar-refractivity contribution is 1.02. The number of allylic oxidation sites excluding steroid dienone is 1. The Labute approximate surface area is 333 Å². The lowest BCUT2D eigenvalue weighted by Gasteiger charge is -2.20. The molecule has 2 heteroatoms. The molecule has 0 saturated carbocycles. The molecule has 11 aromatic rings. The first-order valence-electron chi connectivity index (χ1n) is 19.5. The maximum Gasteiger partial charge on any atom is 0.0434 e. The Morgan fingerprint density at radius 3 is 1.48 bits per heavy atom. The topological polar surface area (TPSA) is 0 Å². The monoisotopic (exact) mass is 746 g/mol. The Balaban J connectivity index is 1.27. The largest absolute Gasteiger partial charge is 0.139 e. The maximum absolute atomic E-state index is 2.48. The van der Waals surface area contributed by atoms with Crippen molar-refractivity contribution in [2.24, 2.45) is 0 Å². The molecule has 0 amide bonds. The van der Waals surface area contributed by atoms with Crippen molar-refractivity contribution in [1.82, 2.24) is 0 Å². The van der Waals surface area contributed by atoms with Crippen LogP contribution in [-0.2, 0) is 6.42 Å². The van der Waals surface area contributed by atoms with Gasteiger partial charge in [-0.05, 0) is 102 Å². The van der Waals surface area contributed by atoms with Gasteiger partial charge in [0.05, 0.1) is 0 Å². The Morgan fingerprint density at radius 1 is 0.357 bits per heavy atom. The van der Waals surface area contributed by atoms with Gasteiger partial charge < -0.3 is 0 Å². The summed E-state index contributed by atoms with van der Waals surface area (Å²) < 4.78 is 4.06. The summed E-state index contributed by atoms with van der Waals surface area (Å²) in [4.78, 5) is 1.50. The van der Waals surface area contributed by atoms with Gasteiger partial charge in [-0.15, -0.1) is 22.7 Å². The Morgan fingerprint density at radius 2 is 0.857 bits per heavy atom. The minimum Gasteiger partial charge on any atom is -0.139 e. The first kappa shape index (κ1) is 32.0. The van der Waals surface area contributed by atoms with E-state index in [-0.39, 0.29) is 0 Å². The highest BCUT2D eigenvalue weighted by molar-refractivity contribution is 7.26. The van der Waals surface area contributed by atoms with Crippen molar-refractivity contribution in [2.45, 2.75) is 12.8 Å². The van der Waals surface area contributed by atoms with Gasteiger partial charge in [-0.1, -0.05) is 164 Å². The molecule has 0 nitrogen and oxygen atoms in total. The first-order valence-corrected chi connectivity index (χ1v) is 21.1. The molecule has 0 atom stereocenters. The molecule has 0 spiro atoms. The highest BCUT2D eigenvalue weighted by atomic mass is 32.1. The van der Waals surface area contributed by atoms with Crippen LogP contribution in [0.15, 0.2) is 176 Å². The van der Waals surface area contributed by atoms with E-state index >= 15 is 0 Å². The standard InChI is InChI=1S/C54H34S2/c1-3-15-33(16-4-1)45-31-47-39-23-11-21-37(43-27-13-25-41-35-19-7-9-29-49(35)55-53(41)43)51(39)52-38(44-28-14-26-42-36-20-8-10-30-50(36)56-54(42)44)22-12-24-40(52)48(47)32-46(45)34-17-5-2-6-18-34/h1-9,11-29,31-32H,10,30H2. The normalized spacial score (nSPS) is 12.8. The predicted octanol–water partition coefficient (Wildman–Crippen LogP) is 16.4. The fraction of sp³-hybridized carbons (Fsp3) is 0.0370. The molecular formula is C54H34S2. The van der Waals surface area contributed by atoms with Crippen LogP contribution >= 0.6 is 22.7 Å². The van der Waals surface area contributed by atoms with Crippen LogP contribution in [0.25, 0.3) is 113 Å². The van der Waals surface area contributed by atoms with Gasteiger partial charge in [-0.25, -0.2) is 0 Å². The minimum absolute atomic E-state index is 1.11. The molecule has 1 aliphatic carbocycles. The van der Waals surface area contributed by atoms with Gasteiger partial charge in [-0.3, -0.25) is 0 Å². The van der Waals surface area contributed by atoms with Crippen molar-refractivity contribution in [3.8, 4) is 44.5 Å². The van der Waals surface area contributed by atoms with Crippen molar-refractivity contribution in [3.63, 3.8) is 0 Å². The van der Waals surface area contributed by atoms with E-state index in [0.29, 0.717) is 0 Å². The summed E-state index contributed by atoms with van der Waals surface area (Å²) in [5, 5.41) is 11.8. The minimum atomic E-state index is 1.11. The summed E-state index contributed by atoms with van der Waals surface area (Å²) in [7, 11) is 0. The summed E-state index contributed by atoms with van der Waals surface area (Å²) in [5.41, 5.74) is 11.6. The number of aryl methyl sites for hydroxylation is 1. The molecule has 0 unspecified atom stereocenters. The van der Waals surface area contributed by atoms with Gasteiger partial charge in [-0.2, -0.15) is 0 Å². The molecule has 0 saturated heterocycles. The molecule has 0 aliphatic heterocycles. The maximum atomic E-state index is 2.48. The molecule has 0 bridgehead atoms. The Kier molecular flexibility index (Phi) is 7.20. The van der Waals surface area contributed by atoms with E-state index in [0.717, 1.165) is 12.8 Å². The van der Waals surface area contributed by atoms with Crippen molar-refractivity contribution in [2.75, 3.05) is 0 Å². The molecule has 0 N–H and O–H groups in total. The van der Waals surface area contributed by atoms with E-state index in [1.807, 2.05) is 22.7 Å². The van der Waals surface area contributed by atoms with Crippen LogP contribution in [-0.4, -0.2) is 0 Å². The Hall–Kier alpha value is -6.32. The van der Waals surface area contributed by atoms with Crippen molar-refractivity contribution < 1.29 is 0 Å². The zero-order valence-electron chi connectivity index (χ0n) is 30.6. The number of fused-ring (bicyclic) bond motifs is 12. The number of hydrogen-bond donors (Lipinski definition) is 0. The van der Waals surface area contributed by atoms with Crippen LogP contribution in [0.5, 0.6) is 0 Å². The van der Waals surface area contributed by atoms with Gasteiger partial charge in [0.1, 0.15) is 0 Å². The average molecular weight is 747 g/mol. The molecule has 262 valence electrons. The molecule has 9 aromatic carbocycles. The van der Waals surface area contributed by atoms with Crippen LogP contribution in [0.3, 0.4) is 0 Å². The number of benzene rings is 9. The van der Waals surface area contributed by atoms with Gasteiger partial charge in [0.2, 0.25) is 0 Å². The third kappa shape index (κ3) is 4.76. The van der Waals surface area contributed by atoms with E-state index in [1.165, 1.54) is 118 Å². The van der Waals surface area contributed by atoms with E-state index in [4.69, 9.17) is 0 Å². The second-order valence-corrected chi connectivity index (χ2v) is 17.1. The van der Waals surface area contributed by atoms with Crippen LogP contribution in [0.4, 0.5) is 0 Å². The van der Waals surface area contributed by atoms with Crippen LogP contribution in [0, 0.1) is 0 Å². The summed E-state index contributed by atoms with van der Waals surface area (Å²) >= 11 is 3.91. The number of thiophene rings is 2. The highest BCUT2D eigenvalue weighted by Crippen LogP contribution is 2.50. The fourth-order valence-electron chi connectivity index (χ4n) is 9.44. The second kappa shape index (κ2) is 12.6. The molecule has 56 heavy (non-hydrogen) atoms. The van der Waals surface area contributed by atoms with Gasteiger partial charge in [0, 0.05) is 46.3 Å². The smallest absolute Gasteiger partial charge is 0.0434 e. The van der Waals surface area contributed by atoms with Crippen LogP contribution in [0.2, 0.25) is 0 Å². The first-order chi connectivity index (χ1) is 27.8. The van der Waals surface area contributed by atoms with Gasteiger partial charge in [0.25, 0.3) is 0 Å². The molecule has 12 rings (SSSR count). The molecule has 0 radical (unpaired) electrons. The summed E-state index contributed by atoms with van der Waals surface area (Å²) in [5.74, 6) is 0. The fourth-order valence-corrected chi connectivity index (χ4v) is 12.0. The lowest BCUT2D eigenvalue weighted by atomic mass is 9.83. The average Bonchev–Trinajstić information content (AvgIpc) is 3.85. The van der Waals surface area contributed by atoms with Crippen LogP contribution in [0.1, 0.15) is 16.9 Å². The van der Waals surface area contributed by atoms with E-state index in [2.05, 4.69) is 182 Å². The quantitative estimate of drug-likeness (QED) is 0.157. The molecule has 0 fully saturated rings. The summed E-state index contributed by atoms with van der Waals surface area (Å²) in [6.07, 6.45) is 6.92. The zero-order chi connectivity index (χ0) is 36.7. The third-order valence-corrected chi connectivity index (χ3v) is 14.5. The predicted molar refractivity (Wildman–Crippen MR) is 246 cm³/mol. The van der Waals surface area contributed by atoms with E-state index in [1.54, 1.807) is 0 Å². The molecule has 2 heterocycles. The third-order valence-electron chi connectivity index (χ3n) is 11.9. The van der Waals surface area contributed by atoms with Crippen molar-refractivity contribution in [1.29, 1.82) is 0 Å². The lowest BCUT2D eigenvalue weighted by Crippen LogP contribution is -1.93. The summed E-state index contributed by atoms with van der Waals surface area (Å²) in [6.45, 7) is 0. The molecule has 2 aromatic heterocycles. The Bertz CT molecular complexity index is 3400. The zero-order valence-corrected chi connectivity index (χ0v) is 32.2. The van der Waals surface area contributed by atoms with Crippen molar-refractivity contribution in [3.05, 3.63) is 186 Å². The van der Waals surface area contributed by atoms with Gasteiger partial charge in [0.15, 0.2) is 0 Å². The number of hydrogen-bond acceptors (Lipinski definition) is 2. The SMILES string of the molecule is C1=Cc2c(sc3c(-c4cccc5c6cc(-c7ccccc7)c(-c7ccccc7)cc6c6cccc(-c7cccc8c7sc7ccccc78)c6c45)cccc23)CC1. The van der Waals surface area contributed by atoms with Crippen LogP contribution < -0.4 is 0 Å². The van der Waals surface area contributed by atoms with E-state index < -0.39 is 0 Å². The summed E-state index contributed by atoms with van der Waals surface area (Å²) in [6, 6.07) is 63.6. The highest BCUT2D eigenvalue weighted by Gasteiger charge is 2.23. The van der Waals surface area contributed by atoms with Crippen molar-refractivity contribution >= 4 is 91.3 Å². The van der Waals surface area contributed by atoms with E-state index in [9.17, 15) is 0 Å².